The zero-order valence-electron chi connectivity index (χ0n) is 15.9. The van der Waals surface area contributed by atoms with Gasteiger partial charge in [0.25, 0.3) is 5.91 Å². The summed E-state index contributed by atoms with van der Waals surface area (Å²) in [6.45, 7) is 0.530. The number of aromatic nitrogens is 2. The van der Waals surface area contributed by atoms with Crippen molar-refractivity contribution in [3.8, 4) is 16.9 Å². The second-order valence-corrected chi connectivity index (χ2v) is 6.65. The smallest absolute Gasteiger partial charge is 0.271 e. The van der Waals surface area contributed by atoms with Gasteiger partial charge in [-0.2, -0.15) is 0 Å². The molecule has 5 nitrogen and oxygen atoms in total. The van der Waals surface area contributed by atoms with E-state index in [0.717, 1.165) is 17.5 Å². The quantitative estimate of drug-likeness (QED) is 0.540. The lowest BCUT2D eigenvalue weighted by Crippen LogP contribution is -2.25. The zero-order valence-corrected chi connectivity index (χ0v) is 15.9. The Bertz CT molecular complexity index is 1160. The molecule has 0 saturated heterocycles. The molecule has 0 aliphatic carbocycles. The van der Waals surface area contributed by atoms with Crippen molar-refractivity contribution in [1.82, 2.24) is 14.7 Å². The molecule has 1 amide bonds. The number of ether oxygens (including phenoxy) is 1. The number of imidazole rings is 1. The van der Waals surface area contributed by atoms with E-state index in [4.69, 9.17) is 4.74 Å². The number of carbonyl (C=O) groups excluding carboxylic acids is 1. The lowest BCUT2D eigenvalue weighted by atomic mass is 10.1. The first kappa shape index (κ1) is 18.7. The third-order valence-electron chi connectivity index (χ3n) is 4.70. The lowest BCUT2D eigenvalue weighted by Gasteiger charge is -2.09. The van der Waals surface area contributed by atoms with Crippen LogP contribution in [-0.2, 0) is 6.42 Å². The van der Waals surface area contributed by atoms with E-state index in [-0.39, 0.29) is 11.7 Å². The maximum atomic E-state index is 13.7. The normalized spacial score (nSPS) is 10.8. The Morgan fingerprint density at radius 2 is 1.93 bits per heavy atom. The molecule has 0 unspecified atom stereocenters. The van der Waals surface area contributed by atoms with Crippen LogP contribution in [0.4, 0.5) is 4.39 Å². The number of methoxy groups -OCH3 is 1. The van der Waals surface area contributed by atoms with E-state index in [1.165, 1.54) is 12.1 Å². The van der Waals surface area contributed by atoms with E-state index >= 15 is 0 Å². The van der Waals surface area contributed by atoms with Gasteiger partial charge in [0.2, 0.25) is 0 Å². The summed E-state index contributed by atoms with van der Waals surface area (Å²) in [5, 5.41) is 2.90. The Balaban J connectivity index is 1.52. The molecule has 0 atom stereocenters. The second-order valence-electron chi connectivity index (χ2n) is 6.65. The highest BCUT2D eigenvalue weighted by molar-refractivity contribution is 5.93. The average Bonchev–Trinajstić information content (AvgIpc) is 3.18. The maximum absolute atomic E-state index is 13.7. The monoisotopic (exact) mass is 389 g/mol. The van der Waals surface area contributed by atoms with Crippen LogP contribution in [0.3, 0.4) is 0 Å². The molecule has 4 rings (SSSR count). The molecule has 2 aromatic carbocycles. The summed E-state index contributed by atoms with van der Waals surface area (Å²) in [6, 6.07) is 18.0. The van der Waals surface area contributed by atoms with Crippen molar-refractivity contribution in [2.24, 2.45) is 0 Å². The van der Waals surface area contributed by atoms with Crippen molar-refractivity contribution in [2.75, 3.05) is 13.7 Å². The number of rotatable bonds is 6. The highest BCUT2D eigenvalue weighted by atomic mass is 19.1. The molecule has 6 heteroatoms. The summed E-state index contributed by atoms with van der Waals surface area (Å²) >= 11 is 0. The number of benzene rings is 2. The van der Waals surface area contributed by atoms with Gasteiger partial charge >= 0.3 is 0 Å². The molecule has 0 bridgehead atoms. The van der Waals surface area contributed by atoms with Gasteiger partial charge in [-0.25, -0.2) is 9.37 Å². The van der Waals surface area contributed by atoms with Crippen LogP contribution in [0.1, 0.15) is 16.1 Å². The van der Waals surface area contributed by atoms with Crippen molar-refractivity contribution in [3.63, 3.8) is 0 Å². The summed E-state index contributed by atoms with van der Waals surface area (Å²) in [5.41, 5.74) is 3.54. The minimum Gasteiger partial charge on any atom is -0.496 e. The van der Waals surface area contributed by atoms with Crippen molar-refractivity contribution < 1.29 is 13.9 Å². The first-order chi connectivity index (χ1) is 14.1. The second kappa shape index (κ2) is 8.14. The Morgan fingerprint density at radius 3 is 2.72 bits per heavy atom. The molecule has 0 fully saturated rings. The predicted octanol–water partition coefficient (Wildman–Crippen LogP) is 4.12. The van der Waals surface area contributed by atoms with Crippen LogP contribution in [0.5, 0.6) is 5.75 Å². The van der Waals surface area contributed by atoms with Gasteiger partial charge in [0.1, 0.15) is 22.9 Å². The fraction of sp³-hybridized carbons (Fsp3) is 0.130. The fourth-order valence-electron chi connectivity index (χ4n) is 3.22. The van der Waals surface area contributed by atoms with Crippen molar-refractivity contribution in [3.05, 3.63) is 90.1 Å². The number of fused-ring (bicyclic) bond motifs is 1. The Hall–Kier alpha value is -3.67. The summed E-state index contributed by atoms with van der Waals surface area (Å²) in [4.78, 5) is 16.8. The number of pyridine rings is 1. The molecular weight excluding hydrogens is 369 g/mol. The highest BCUT2D eigenvalue weighted by Crippen LogP contribution is 2.30. The summed E-state index contributed by atoms with van der Waals surface area (Å²) in [5.74, 6) is 0.00396. The first-order valence-corrected chi connectivity index (χ1v) is 9.29. The van der Waals surface area contributed by atoms with Crippen LogP contribution < -0.4 is 10.1 Å². The van der Waals surface area contributed by atoms with E-state index < -0.39 is 0 Å². The summed E-state index contributed by atoms with van der Waals surface area (Å²) < 4.78 is 20.8. The van der Waals surface area contributed by atoms with Crippen LogP contribution in [0.15, 0.2) is 73.1 Å². The van der Waals surface area contributed by atoms with Gasteiger partial charge in [0.05, 0.1) is 7.11 Å². The highest BCUT2D eigenvalue weighted by Gasteiger charge is 2.13. The molecule has 29 heavy (non-hydrogen) atoms. The summed E-state index contributed by atoms with van der Waals surface area (Å²) in [7, 11) is 1.55. The molecule has 1 N–H and O–H groups in total. The summed E-state index contributed by atoms with van der Waals surface area (Å²) in [6.07, 6.45) is 4.23. The number of nitrogens with zero attached hydrogens (tertiary/aromatic N) is 2. The van der Waals surface area contributed by atoms with Gasteiger partial charge in [-0.15, -0.1) is 0 Å². The SMILES string of the molecule is COc1ccc(F)cc1-c1ccc2nc(C(=O)NCCc3ccccc3)cn2c1. The molecule has 4 aromatic rings. The van der Waals surface area contributed by atoms with E-state index in [9.17, 15) is 9.18 Å². The minimum absolute atomic E-state index is 0.227. The van der Waals surface area contributed by atoms with Crippen LogP contribution in [-0.4, -0.2) is 28.9 Å². The molecule has 2 aromatic heterocycles. The molecule has 0 saturated carbocycles. The maximum Gasteiger partial charge on any atom is 0.271 e. The van der Waals surface area contributed by atoms with Crippen molar-refractivity contribution in [1.29, 1.82) is 0 Å². The Labute approximate surface area is 167 Å². The standard InChI is InChI=1S/C23H20FN3O2/c1-29-21-9-8-18(24)13-19(21)17-7-10-22-26-20(15-27(22)14-17)23(28)25-12-11-16-5-3-2-4-6-16/h2-10,13-15H,11-12H2,1H3,(H,25,28). The number of hydrogen-bond donors (Lipinski definition) is 1. The molecule has 0 aliphatic heterocycles. The van der Waals surface area contributed by atoms with Crippen LogP contribution >= 0.6 is 0 Å². The van der Waals surface area contributed by atoms with Gasteiger partial charge in [0, 0.05) is 30.1 Å². The lowest BCUT2D eigenvalue weighted by molar-refractivity contribution is 0.0950. The van der Waals surface area contributed by atoms with Crippen molar-refractivity contribution in [2.45, 2.75) is 6.42 Å². The number of carbonyl (C=O) groups is 1. The minimum atomic E-state index is -0.343. The van der Waals surface area contributed by atoms with Gasteiger partial charge < -0.3 is 14.5 Å². The third kappa shape index (κ3) is 4.11. The van der Waals surface area contributed by atoms with Crippen LogP contribution in [0, 0.1) is 5.82 Å². The first-order valence-electron chi connectivity index (χ1n) is 9.29. The molecule has 146 valence electrons. The van der Waals surface area contributed by atoms with Crippen LogP contribution in [0.2, 0.25) is 0 Å². The largest absolute Gasteiger partial charge is 0.496 e. The van der Waals surface area contributed by atoms with E-state index in [1.54, 1.807) is 36.0 Å². The third-order valence-corrected chi connectivity index (χ3v) is 4.70. The molecule has 2 heterocycles. The predicted molar refractivity (Wildman–Crippen MR) is 110 cm³/mol. The van der Waals surface area contributed by atoms with Gasteiger partial charge in [-0.05, 0) is 42.3 Å². The van der Waals surface area contributed by atoms with E-state index in [2.05, 4.69) is 10.3 Å². The molecule has 0 spiro atoms. The number of hydrogen-bond acceptors (Lipinski definition) is 3. The number of nitrogens with one attached hydrogen (secondary N) is 1. The Kier molecular flexibility index (Phi) is 5.24. The van der Waals surface area contributed by atoms with Crippen molar-refractivity contribution >= 4 is 11.6 Å². The molecular formula is C23H20FN3O2. The molecule has 0 aliphatic rings. The van der Waals surface area contributed by atoms with Gasteiger partial charge in [0.15, 0.2) is 0 Å². The number of amides is 1. The van der Waals surface area contributed by atoms with Gasteiger partial charge in [-0.3, -0.25) is 4.79 Å². The zero-order chi connectivity index (χ0) is 20.2. The topological polar surface area (TPSA) is 55.6 Å². The van der Waals surface area contributed by atoms with E-state index in [1.807, 2.05) is 36.4 Å². The fourth-order valence-corrected chi connectivity index (χ4v) is 3.22. The number of halogens is 1. The Morgan fingerprint density at radius 1 is 1.10 bits per heavy atom. The van der Waals surface area contributed by atoms with E-state index in [0.29, 0.717) is 29.2 Å². The average molecular weight is 389 g/mol. The van der Waals surface area contributed by atoms with Crippen LogP contribution in [0.25, 0.3) is 16.8 Å². The molecule has 0 radical (unpaired) electrons. The van der Waals surface area contributed by atoms with Gasteiger partial charge in [-0.1, -0.05) is 30.3 Å².